The van der Waals surface area contributed by atoms with E-state index in [1.165, 1.54) is 0 Å². The second-order valence-corrected chi connectivity index (χ2v) is 4.90. The van der Waals surface area contributed by atoms with Gasteiger partial charge in [0.2, 0.25) is 6.41 Å². The molecule has 0 aliphatic heterocycles. The molecule has 4 nitrogen and oxygen atoms in total. The van der Waals surface area contributed by atoms with Crippen molar-refractivity contribution in [2.75, 3.05) is 13.7 Å². The first kappa shape index (κ1) is 23.2. The van der Waals surface area contributed by atoms with E-state index in [2.05, 4.69) is 5.32 Å². The molecular formula is C15H33NO3. The van der Waals surface area contributed by atoms with Gasteiger partial charge in [0.25, 0.3) is 0 Å². The smallest absolute Gasteiger partial charge is 0.207 e. The van der Waals surface area contributed by atoms with Crippen molar-refractivity contribution in [1.29, 1.82) is 0 Å². The summed E-state index contributed by atoms with van der Waals surface area (Å²) in [5.74, 6) is 0.244. The molecule has 0 fully saturated rings. The van der Waals surface area contributed by atoms with Crippen molar-refractivity contribution in [3.05, 3.63) is 0 Å². The van der Waals surface area contributed by atoms with Crippen molar-refractivity contribution >= 4 is 12.2 Å². The van der Waals surface area contributed by atoms with Crippen LogP contribution >= 0.6 is 0 Å². The summed E-state index contributed by atoms with van der Waals surface area (Å²) in [6, 6.07) is 0. The molecule has 0 atom stereocenters. The number of hydrogen-bond acceptors (Lipinski definition) is 3. The minimum Gasteiger partial charge on any atom is -0.379 e. The summed E-state index contributed by atoms with van der Waals surface area (Å²) in [6.07, 6.45) is 4.29. The lowest BCUT2D eigenvalue weighted by molar-refractivity contribution is -0.117. The molecule has 0 rings (SSSR count). The lowest BCUT2D eigenvalue weighted by Crippen LogP contribution is -2.15. The Balaban J connectivity index is -0.000000271. The minimum absolute atomic E-state index is 0.0417. The molecule has 0 aromatic rings. The van der Waals surface area contributed by atoms with Crippen molar-refractivity contribution in [3.8, 4) is 0 Å². The summed E-state index contributed by atoms with van der Waals surface area (Å²) in [4.78, 5) is 20.2. The van der Waals surface area contributed by atoms with Crippen LogP contribution in [0.3, 0.4) is 0 Å². The number of ether oxygens (including phenoxy) is 1. The fraction of sp³-hybridized carbons (Fsp3) is 0.867. The second kappa shape index (κ2) is 17.1. The van der Waals surface area contributed by atoms with E-state index >= 15 is 0 Å². The topological polar surface area (TPSA) is 55.4 Å². The van der Waals surface area contributed by atoms with Crippen LogP contribution in [0.4, 0.5) is 0 Å². The van der Waals surface area contributed by atoms with Crippen LogP contribution in [0, 0.1) is 0 Å². The van der Waals surface area contributed by atoms with E-state index in [1.807, 2.05) is 34.6 Å². The molecule has 0 spiro atoms. The number of ketones is 1. The van der Waals surface area contributed by atoms with E-state index in [1.54, 1.807) is 14.0 Å². The normalized spacial score (nSPS) is 9.42. The molecule has 1 amide bonds. The standard InChI is InChI=1S/C8H15NO2.C5H12O.C2H6/c1-8(11)5-3-2-4-6-9-7-10;1-5(2,3)6-4;1-2/h7H,2-6H2,1H3,(H,9,10);1-4H3;1-2H3. The summed E-state index contributed by atoms with van der Waals surface area (Å²) < 4.78 is 4.94. The highest BCUT2D eigenvalue weighted by Crippen LogP contribution is 2.02. The summed E-state index contributed by atoms with van der Waals surface area (Å²) >= 11 is 0. The van der Waals surface area contributed by atoms with E-state index in [0.29, 0.717) is 12.8 Å². The van der Waals surface area contributed by atoms with Crippen LogP contribution in [0.15, 0.2) is 0 Å². The first-order valence-corrected chi connectivity index (χ1v) is 7.05. The molecule has 0 bridgehead atoms. The molecule has 0 radical (unpaired) electrons. The number of unbranched alkanes of at least 4 members (excludes halogenated alkanes) is 2. The Morgan fingerprint density at radius 1 is 1.16 bits per heavy atom. The Morgan fingerprint density at radius 2 is 1.63 bits per heavy atom. The average Bonchev–Trinajstić information content (AvgIpc) is 2.36. The molecule has 0 aliphatic rings. The number of hydrogen-bond donors (Lipinski definition) is 1. The van der Waals surface area contributed by atoms with Gasteiger partial charge in [-0.25, -0.2) is 0 Å². The molecule has 116 valence electrons. The van der Waals surface area contributed by atoms with Crippen molar-refractivity contribution in [2.24, 2.45) is 0 Å². The van der Waals surface area contributed by atoms with Crippen LogP contribution in [0.25, 0.3) is 0 Å². The molecule has 1 N–H and O–H groups in total. The predicted molar refractivity (Wildman–Crippen MR) is 81.3 cm³/mol. The van der Waals surface area contributed by atoms with Gasteiger partial charge in [0.1, 0.15) is 5.78 Å². The van der Waals surface area contributed by atoms with Gasteiger partial charge in [-0.05, 0) is 40.5 Å². The van der Waals surface area contributed by atoms with Crippen LogP contribution in [0.2, 0.25) is 0 Å². The number of carbonyl (C=O) groups excluding carboxylic acids is 2. The first-order valence-electron chi connectivity index (χ1n) is 7.05. The third-order valence-corrected chi connectivity index (χ3v) is 2.05. The maximum Gasteiger partial charge on any atom is 0.207 e. The molecule has 0 aromatic carbocycles. The van der Waals surface area contributed by atoms with Crippen molar-refractivity contribution in [2.45, 2.75) is 72.8 Å². The van der Waals surface area contributed by atoms with Gasteiger partial charge in [-0.2, -0.15) is 0 Å². The summed E-state index contributed by atoms with van der Waals surface area (Å²) in [5, 5.41) is 2.57. The van der Waals surface area contributed by atoms with Crippen LogP contribution in [-0.2, 0) is 14.3 Å². The van der Waals surface area contributed by atoms with Crippen molar-refractivity contribution in [3.63, 3.8) is 0 Å². The fourth-order valence-corrected chi connectivity index (χ4v) is 0.837. The van der Waals surface area contributed by atoms with Crippen LogP contribution in [-0.4, -0.2) is 31.4 Å². The molecule has 0 saturated heterocycles. The fourth-order valence-electron chi connectivity index (χ4n) is 0.837. The van der Waals surface area contributed by atoms with E-state index in [4.69, 9.17) is 4.74 Å². The number of rotatable bonds is 7. The van der Waals surface area contributed by atoms with E-state index in [-0.39, 0.29) is 11.4 Å². The number of nitrogens with one attached hydrogen (secondary N) is 1. The van der Waals surface area contributed by atoms with Gasteiger partial charge in [0.15, 0.2) is 0 Å². The van der Waals surface area contributed by atoms with Gasteiger partial charge in [-0.1, -0.05) is 20.3 Å². The Bertz CT molecular complexity index is 198. The maximum atomic E-state index is 10.5. The molecule has 4 heteroatoms. The van der Waals surface area contributed by atoms with Gasteiger partial charge in [0, 0.05) is 20.1 Å². The molecule has 0 unspecified atom stereocenters. The number of Topliss-reactive ketones (excluding diaryl/α,β-unsaturated/α-hetero) is 1. The Kier molecular flexibility index (Phi) is 20.9. The predicted octanol–water partition coefficient (Wildman–Crippen LogP) is 3.34. The highest BCUT2D eigenvalue weighted by Gasteiger charge is 2.04. The second-order valence-electron chi connectivity index (χ2n) is 4.90. The quantitative estimate of drug-likeness (QED) is 0.572. The molecular weight excluding hydrogens is 242 g/mol. The van der Waals surface area contributed by atoms with Crippen LogP contribution < -0.4 is 5.32 Å². The van der Waals surface area contributed by atoms with Gasteiger partial charge in [-0.3, -0.25) is 4.79 Å². The van der Waals surface area contributed by atoms with Crippen molar-refractivity contribution in [1.82, 2.24) is 5.32 Å². The lowest BCUT2D eigenvalue weighted by Gasteiger charge is -2.14. The highest BCUT2D eigenvalue weighted by molar-refractivity contribution is 5.75. The monoisotopic (exact) mass is 275 g/mol. The SMILES string of the molecule is CC.CC(=O)CCCCCNC=O.COC(C)(C)C. The van der Waals surface area contributed by atoms with E-state index < -0.39 is 0 Å². The average molecular weight is 275 g/mol. The van der Waals surface area contributed by atoms with Gasteiger partial charge in [-0.15, -0.1) is 0 Å². The van der Waals surface area contributed by atoms with E-state index in [0.717, 1.165) is 25.8 Å². The van der Waals surface area contributed by atoms with Crippen LogP contribution in [0.5, 0.6) is 0 Å². The van der Waals surface area contributed by atoms with Gasteiger partial charge < -0.3 is 14.8 Å². The summed E-state index contributed by atoms with van der Waals surface area (Å²) in [6.45, 7) is 12.4. The molecule has 0 aromatic heterocycles. The number of carbonyl (C=O) groups is 2. The van der Waals surface area contributed by atoms with Gasteiger partial charge >= 0.3 is 0 Å². The molecule has 0 aliphatic carbocycles. The zero-order valence-corrected chi connectivity index (χ0v) is 13.8. The maximum absolute atomic E-state index is 10.5. The zero-order chi connectivity index (χ0) is 15.7. The summed E-state index contributed by atoms with van der Waals surface area (Å²) in [7, 11) is 1.71. The Morgan fingerprint density at radius 3 is 1.95 bits per heavy atom. The third kappa shape index (κ3) is 38.2. The first-order chi connectivity index (χ1) is 8.83. The lowest BCUT2D eigenvalue weighted by atomic mass is 10.1. The molecule has 19 heavy (non-hydrogen) atoms. The molecule has 0 saturated carbocycles. The van der Waals surface area contributed by atoms with Crippen molar-refractivity contribution < 1.29 is 14.3 Å². The largest absolute Gasteiger partial charge is 0.379 e. The van der Waals surface area contributed by atoms with Crippen LogP contribution in [0.1, 0.15) is 67.2 Å². The molecule has 0 heterocycles. The van der Waals surface area contributed by atoms with E-state index in [9.17, 15) is 9.59 Å². The Labute approximate surface area is 119 Å². The van der Waals surface area contributed by atoms with Gasteiger partial charge in [0.05, 0.1) is 5.60 Å². The summed E-state index contributed by atoms with van der Waals surface area (Å²) in [5.41, 5.74) is 0.0417. The third-order valence-electron chi connectivity index (χ3n) is 2.05. The minimum atomic E-state index is 0.0417. The Hall–Kier alpha value is -0.900. The highest BCUT2D eigenvalue weighted by atomic mass is 16.5. The zero-order valence-electron chi connectivity index (χ0n) is 13.8. The number of amides is 1. The number of methoxy groups -OCH3 is 1.